The summed E-state index contributed by atoms with van der Waals surface area (Å²) in [6, 6.07) is 9.64. The number of thioether (sulfide) groups is 1. The van der Waals surface area contributed by atoms with Crippen LogP contribution in [0.5, 0.6) is 0 Å². The van der Waals surface area contributed by atoms with Crippen LogP contribution in [0.25, 0.3) is 0 Å². The van der Waals surface area contributed by atoms with E-state index < -0.39 is 44.1 Å². The Labute approximate surface area is 210 Å². The number of nitrogens with zero attached hydrogens (tertiary/aromatic N) is 1. The summed E-state index contributed by atoms with van der Waals surface area (Å²) >= 11 is 19.2. The summed E-state index contributed by atoms with van der Waals surface area (Å²) in [4.78, 5) is 26.9. The predicted octanol–water partition coefficient (Wildman–Crippen LogP) is 4.10. The van der Waals surface area contributed by atoms with Gasteiger partial charge >= 0.3 is 5.97 Å². The van der Waals surface area contributed by atoms with Crippen LogP contribution in [0, 0.1) is 0 Å². The van der Waals surface area contributed by atoms with Gasteiger partial charge in [0, 0.05) is 4.75 Å². The molecule has 0 bridgehead atoms. The monoisotopic (exact) mass is 548 g/mol. The molecule has 0 spiro atoms. The van der Waals surface area contributed by atoms with Gasteiger partial charge in [0.05, 0.1) is 15.1 Å². The highest BCUT2D eigenvalue weighted by Crippen LogP contribution is 2.51. The first-order chi connectivity index (χ1) is 15.4. The van der Waals surface area contributed by atoms with E-state index in [1.165, 1.54) is 22.7 Å². The smallest absolute Gasteiger partial charge is 0.330 e. The molecule has 2 aromatic carbocycles. The lowest BCUT2D eigenvalue weighted by Crippen LogP contribution is -2.70. The fourth-order valence-corrected chi connectivity index (χ4v) is 7.75. The van der Waals surface area contributed by atoms with E-state index in [0.29, 0.717) is 0 Å². The summed E-state index contributed by atoms with van der Waals surface area (Å²) < 4.78 is 33.0. The molecule has 33 heavy (non-hydrogen) atoms. The lowest BCUT2D eigenvalue weighted by molar-refractivity contribution is -0.164. The highest BCUT2D eigenvalue weighted by molar-refractivity contribution is 8.01. The summed E-state index contributed by atoms with van der Waals surface area (Å²) in [6.07, 6.45) is 0. The van der Waals surface area contributed by atoms with Crippen molar-refractivity contribution >= 4 is 68.5 Å². The molecule has 2 aromatic rings. The molecular weight excluding hydrogens is 531 g/mol. The fraction of sp³-hybridized carbons (Fsp3) is 0.333. The Morgan fingerprint density at radius 1 is 1.12 bits per heavy atom. The number of halogens is 3. The average molecular weight is 550 g/mol. The van der Waals surface area contributed by atoms with E-state index in [0.717, 1.165) is 11.6 Å². The van der Waals surface area contributed by atoms with Crippen molar-refractivity contribution in [3.05, 3.63) is 63.1 Å². The van der Waals surface area contributed by atoms with E-state index in [1.54, 1.807) is 0 Å². The minimum atomic E-state index is -4.19. The lowest BCUT2D eigenvalue weighted by atomic mass is 9.96. The maximum Gasteiger partial charge on any atom is 0.330 e. The molecule has 2 aliphatic heterocycles. The number of carbonyl (C=O) groups is 2. The number of esters is 1. The minimum absolute atomic E-state index is 0.0144. The van der Waals surface area contributed by atoms with Gasteiger partial charge in [0.2, 0.25) is 15.9 Å². The average Bonchev–Trinajstić information content (AvgIpc) is 3.01. The van der Waals surface area contributed by atoms with Crippen molar-refractivity contribution < 1.29 is 22.7 Å². The van der Waals surface area contributed by atoms with Gasteiger partial charge in [-0.15, -0.1) is 11.8 Å². The van der Waals surface area contributed by atoms with Crippen LogP contribution in [0.1, 0.15) is 19.4 Å². The Balaban J connectivity index is 1.50. The van der Waals surface area contributed by atoms with Crippen molar-refractivity contribution in [3.63, 3.8) is 0 Å². The van der Waals surface area contributed by atoms with Crippen LogP contribution in [0.3, 0.4) is 0 Å². The highest BCUT2D eigenvalue weighted by Gasteiger charge is 2.64. The second-order valence-corrected chi connectivity index (χ2v) is 12.8. The quantitative estimate of drug-likeness (QED) is 0.331. The van der Waals surface area contributed by atoms with Crippen LogP contribution in [0.2, 0.25) is 15.1 Å². The van der Waals surface area contributed by atoms with E-state index in [-0.39, 0.29) is 26.6 Å². The molecular formula is C21H19Cl3N2O5S2. The third-order valence-electron chi connectivity index (χ3n) is 5.43. The van der Waals surface area contributed by atoms with E-state index >= 15 is 0 Å². The normalized spacial score (nSPS) is 23.7. The summed E-state index contributed by atoms with van der Waals surface area (Å²) in [6.45, 7) is 3.72. The van der Waals surface area contributed by atoms with Crippen molar-refractivity contribution in [2.45, 2.75) is 47.6 Å². The summed E-state index contributed by atoms with van der Waals surface area (Å²) in [5.74, 6) is -1.06. The molecule has 4 rings (SSSR count). The van der Waals surface area contributed by atoms with Gasteiger partial charge in [-0.3, -0.25) is 4.79 Å². The van der Waals surface area contributed by atoms with Crippen molar-refractivity contribution in [2.24, 2.45) is 0 Å². The van der Waals surface area contributed by atoms with Crippen molar-refractivity contribution in [3.8, 4) is 0 Å². The minimum Gasteiger partial charge on any atom is -0.459 e. The van der Waals surface area contributed by atoms with Gasteiger partial charge in [-0.1, -0.05) is 65.1 Å². The van der Waals surface area contributed by atoms with Gasteiger partial charge in [0.1, 0.15) is 29.0 Å². The standard InChI is InChI=1S/C21H19Cl3N2O5S2/c1-21(2)17(20(28)31-10-11-6-4-3-5-7-11)26-18(27)16(19(26)32-21)25-33(29,30)15-9-13(23)12(22)8-14(15)24/h3-9,16-17,19,25H,10H2,1-2H3/t16-,17+,19-/m1/s1. The van der Waals surface area contributed by atoms with E-state index in [2.05, 4.69) is 4.72 Å². The Morgan fingerprint density at radius 3 is 2.42 bits per heavy atom. The Bertz CT molecular complexity index is 1220. The second kappa shape index (κ2) is 8.94. The number of hydrogen-bond donors (Lipinski definition) is 1. The number of nitrogens with one attached hydrogen (secondary N) is 1. The van der Waals surface area contributed by atoms with E-state index in [1.807, 2.05) is 44.2 Å². The summed E-state index contributed by atoms with van der Waals surface area (Å²) in [5.41, 5.74) is 0.824. The van der Waals surface area contributed by atoms with Gasteiger partial charge in [-0.25, -0.2) is 13.2 Å². The molecule has 2 heterocycles. The molecule has 1 N–H and O–H groups in total. The number of amides is 1. The predicted molar refractivity (Wildman–Crippen MR) is 128 cm³/mol. The first-order valence-corrected chi connectivity index (χ1v) is 13.3. The first-order valence-electron chi connectivity index (χ1n) is 9.80. The van der Waals surface area contributed by atoms with E-state index in [4.69, 9.17) is 39.5 Å². The SMILES string of the molecule is CC1(C)S[C@@H]2[C@H](NS(=O)(=O)c3cc(Cl)c(Cl)cc3Cl)C(=O)N2[C@H]1C(=O)OCc1ccccc1. The molecule has 7 nitrogen and oxygen atoms in total. The fourth-order valence-electron chi connectivity index (χ4n) is 3.85. The number of ether oxygens (including phenoxy) is 1. The molecule has 2 aliphatic rings. The van der Waals surface area contributed by atoms with Crippen LogP contribution in [-0.4, -0.2) is 47.4 Å². The lowest BCUT2D eigenvalue weighted by Gasteiger charge is -2.43. The number of rotatable bonds is 6. The van der Waals surface area contributed by atoms with Crippen LogP contribution < -0.4 is 4.72 Å². The Morgan fingerprint density at radius 2 is 1.76 bits per heavy atom. The Hall–Kier alpha value is -1.49. The number of fused-ring (bicyclic) bond motifs is 1. The number of benzene rings is 2. The third-order valence-corrected chi connectivity index (χ3v) is 9.63. The van der Waals surface area contributed by atoms with Gasteiger partial charge in [0.25, 0.3) is 0 Å². The number of sulfonamides is 1. The summed E-state index contributed by atoms with van der Waals surface area (Å²) in [7, 11) is -4.19. The molecule has 0 aromatic heterocycles. The van der Waals surface area contributed by atoms with Crippen molar-refractivity contribution in [2.75, 3.05) is 0 Å². The molecule has 2 fully saturated rings. The molecule has 0 aliphatic carbocycles. The third kappa shape index (κ3) is 4.59. The van der Waals surface area contributed by atoms with Gasteiger partial charge in [-0.05, 0) is 31.5 Å². The zero-order valence-electron chi connectivity index (χ0n) is 17.4. The first kappa shape index (κ1) is 24.6. The molecule has 0 unspecified atom stereocenters. The number of hydrogen-bond acceptors (Lipinski definition) is 6. The van der Waals surface area contributed by atoms with Crippen LogP contribution >= 0.6 is 46.6 Å². The largest absolute Gasteiger partial charge is 0.459 e. The summed E-state index contributed by atoms with van der Waals surface area (Å²) in [5, 5.41) is -0.572. The number of β-lactam (4-membered cyclic amide) rings is 1. The van der Waals surface area contributed by atoms with Crippen molar-refractivity contribution in [1.29, 1.82) is 0 Å². The van der Waals surface area contributed by atoms with Crippen LogP contribution in [-0.2, 0) is 31.0 Å². The molecule has 176 valence electrons. The maximum atomic E-state index is 12.9. The molecule has 3 atom stereocenters. The Kier molecular flexibility index (Phi) is 6.67. The van der Waals surface area contributed by atoms with Gasteiger partial charge < -0.3 is 9.64 Å². The highest BCUT2D eigenvalue weighted by atomic mass is 35.5. The molecule has 1 amide bonds. The molecule has 0 radical (unpaired) electrons. The van der Waals surface area contributed by atoms with Gasteiger partial charge in [-0.2, -0.15) is 4.72 Å². The zero-order valence-corrected chi connectivity index (χ0v) is 21.3. The van der Waals surface area contributed by atoms with Gasteiger partial charge in [0.15, 0.2) is 0 Å². The maximum absolute atomic E-state index is 12.9. The second-order valence-electron chi connectivity index (χ2n) is 8.15. The zero-order chi connectivity index (χ0) is 24.1. The van der Waals surface area contributed by atoms with Crippen molar-refractivity contribution in [1.82, 2.24) is 9.62 Å². The molecule has 12 heteroatoms. The van der Waals surface area contributed by atoms with Crippen LogP contribution in [0.15, 0.2) is 47.4 Å². The molecule has 2 saturated heterocycles. The van der Waals surface area contributed by atoms with Crippen LogP contribution in [0.4, 0.5) is 0 Å². The number of carbonyl (C=O) groups excluding carboxylic acids is 2. The van der Waals surface area contributed by atoms with E-state index in [9.17, 15) is 18.0 Å². The topological polar surface area (TPSA) is 92.8 Å². The molecule has 0 saturated carbocycles.